The number of aromatic nitrogens is 2. The number of nitrogens with two attached hydrogens (primary N) is 1. The molecule has 0 saturated heterocycles. The zero-order valence-electron chi connectivity index (χ0n) is 19.5. The van der Waals surface area contributed by atoms with Gasteiger partial charge in [-0.15, -0.1) is 0 Å². The average molecular weight is 468 g/mol. The number of para-hydroxylation sites is 2. The molecule has 0 spiro atoms. The van der Waals surface area contributed by atoms with Crippen LogP contribution in [0.2, 0.25) is 0 Å². The highest BCUT2D eigenvalue weighted by Gasteiger charge is 2.35. The molecule has 1 aliphatic carbocycles. The number of anilines is 1. The second-order valence-corrected chi connectivity index (χ2v) is 8.80. The molecular weight excluding hydrogens is 442 g/mol. The Bertz CT molecular complexity index is 1480. The lowest BCUT2D eigenvalue weighted by molar-refractivity contribution is -0.121. The Hall–Kier alpha value is -4.46. The molecular formula is C27H25N5O3. The van der Waals surface area contributed by atoms with Crippen molar-refractivity contribution in [1.82, 2.24) is 9.78 Å². The van der Waals surface area contributed by atoms with E-state index in [1.807, 2.05) is 73.7 Å². The van der Waals surface area contributed by atoms with Gasteiger partial charge >= 0.3 is 0 Å². The van der Waals surface area contributed by atoms with Gasteiger partial charge in [0, 0.05) is 11.6 Å². The molecule has 0 saturated carbocycles. The van der Waals surface area contributed by atoms with Crippen LogP contribution in [0.3, 0.4) is 0 Å². The predicted octanol–water partition coefficient (Wildman–Crippen LogP) is 3.47. The molecule has 0 radical (unpaired) electrons. The van der Waals surface area contributed by atoms with Crippen LogP contribution in [-0.2, 0) is 9.59 Å². The van der Waals surface area contributed by atoms with Crippen LogP contribution in [0.15, 0.2) is 87.8 Å². The summed E-state index contributed by atoms with van der Waals surface area (Å²) >= 11 is 0. The van der Waals surface area contributed by atoms with Gasteiger partial charge in [0.05, 0.1) is 28.2 Å². The third kappa shape index (κ3) is 3.93. The quantitative estimate of drug-likeness (QED) is 0.573. The van der Waals surface area contributed by atoms with Gasteiger partial charge in [-0.25, -0.2) is 4.68 Å². The molecule has 2 aromatic carbocycles. The van der Waals surface area contributed by atoms with E-state index in [2.05, 4.69) is 10.2 Å². The first-order chi connectivity index (χ1) is 16.8. The van der Waals surface area contributed by atoms with Gasteiger partial charge in [-0.3, -0.25) is 19.5 Å². The Morgan fingerprint density at radius 3 is 2.23 bits per heavy atom. The number of hydrogen-bond donors (Lipinski definition) is 2. The van der Waals surface area contributed by atoms with Crippen molar-refractivity contribution in [2.75, 3.05) is 5.01 Å². The summed E-state index contributed by atoms with van der Waals surface area (Å²) in [4.78, 5) is 39.1. The molecule has 2 heterocycles. The Morgan fingerprint density at radius 1 is 0.971 bits per heavy atom. The van der Waals surface area contributed by atoms with Gasteiger partial charge in [-0.2, -0.15) is 10.1 Å². The molecule has 2 aliphatic rings. The van der Waals surface area contributed by atoms with Crippen molar-refractivity contribution in [2.24, 2.45) is 16.8 Å². The summed E-state index contributed by atoms with van der Waals surface area (Å²) in [5.41, 5.74) is 10.4. The number of benzene rings is 2. The number of hydrazone groups is 1. The minimum absolute atomic E-state index is 0.219. The van der Waals surface area contributed by atoms with Crippen molar-refractivity contribution in [3.63, 3.8) is 0 Å². The van der Waals surface area contributed by atoms with Crippen molar-refractivity contribution in [1.29, 1.82) is 0 Å². The van der Waals surface area contributed by atoms with Gasteiger partial charge in [-0.05, 0) is 62.1 Å². The minimum atomic E-state index is -0.539. The molecule has 1 aliphatic heterocycles. The van der Waals surface area contributed by atoms with E-state index in [0.717, 1.165) is 0 Å². The monoisotopic (exact) mass is 467 g/mol. The number of rotatable bonds is 4. The van der Waals surface area contributed by atoms with E-state index in [9.17, 15) is 14.4 Å². The highest BCUT2D eigenvalue weighted by atomic mass is 16.2. The van der Waals surface area contributed by atoms with Crippen LogP contribution in [0, 0.1) is 12.8 Å². The number of H-pyrrole nitrogens is 1. The summed E-state index contributed by atoms with van der Waals surface area (Å²) in [6.07, 6.45) is 2.49. The van der Waals surface area contributed by atoms with Crippen molar-refractivity contribution >= 4 is 28.8 Å². The number of nitrogens with zero attached hydrogens (tertiary/aromatic N) is 3. The van der Waals surface area contributed by atoms with Crippen LogP contribution in [0.4, 0.5) is 5.69 Å². The molecule has 1 aromatic heterocycles. The van der Waals surface area contributed by atoms with Gasteiger partial charge in [0.1, 0.15) is 0 Å². The van der Waals surface area contributed by atoms with Crippen LogP contribution in [-0.4, -0.2) is 27.3 Å². The summed E-state index contributed by atoms with van der Waals surface area (Å²) in [5, 5.41) is 8.97. The topological polar surface area (TPSA) is 114 Å². The SMILES string of the molecule is CC1=NN(c2ccccc2)C(=O)/C1=C1\C=C(c2c(C)[nH]n(-c3ccccc3)c2=O)CC(C(N)=O)C1. The van der Waals surface area contributed by atoms with E-state index < -0.39 is 11.8 Å². The van der Waals surface area contributed by atoms with Crippen molar-refractivity contribution in [3.05, 3.63) is 99.5 Å². The first-order valence-corrected chi connectivity index (χ1v) is 11.4. The second kappa shape index (κ2) is 8.72. The zero-order valence-corrected chi connectivity index (χ0v) is 19.5. The highest BCUT2D eigenvalue weighted by Crippen LogP contribution is 2.37. The van der Waals surface area contributed by atoms with Crippen molar-refractivity contribution in [3.8, 4) is 5.69 Å². The fraction of sp³-hybridized carbons (Fsp3) is 0.185. The van der Waals surface area contributed by atoms with Gasteiger partial charge in [-0.1, -0.05) is 42.5 Å². The Labute approximate surface area is 202 Å². The maximum absolute atomic E-state index is 13.4. The van der Waals surface area contributed by atoms with E-state index in [4.69, 9.17) is 5.73 Å². The molecule has 176 valence electrons. The lowest BCUT2D eigenvalue weighted by Gasteiger charge is -2.23. The number of allylic oxidation sites excluding steroid dienone is 3. The second-order valence-electron chi connectivity index (χ2n) is 8.80. The maximum Gasteiger partial charge on any atom is 0.280 e. The fourth-order valence-electron chi connectivity index (χ4n) is 4.78. The van der Waals surface area contributed by atoms with Crippen LogP contribution in [0.25, 0.3) is 11.3 Å². The summed E-state index contributed by atoms with van der Waals surface area (Å²) in [5.74, 6) is -1.27. The van der Waals surface area contributed by atoms with Crippen LogP contribution in [0.5, 0.6) is 0 Å². The average Bonchev–Trinajstić information content (AvgIpc) is 3.33. The Kier molecular flexibility index (Phi) is 5.56. The van der Waals surface area contributed by atoms with Crippen LogP contribution in [0.1, 0.15) is 31.0 Å². The molecule has 35 heavy (non-hydrogen) atoms. The number of carbonyl (C=O) groups is 2. The smallest absolute Gasteiger partial charge is 0.280 e. The molecule has 5 rings (SSSR count). The molecule has 2 amide bonds. The van der Waals surface area contributed by atoms with Crippen LogP contribution >= 0.6 is 0 Å². The Morgan fingerprint density at radius 2 is 1.60 bits per heavy atom. The predicted molar refractivity (Wildman–Crippen MR) is 135 cm³/mol. The summed E-state index contributed by atoms with van der Waals surface area (Å²) < 4.78 is 1.48. The number of nitrogens with one attached hydrogen (secondary N) is 1. The van der Waals surface area contributed by atoms with Gasteiger partial charge < -0.3 is 5.73 Å². The normalized spacial score (nSPS) is 20.1. The summed E-state index contributed by atoms with van der Waals surface area (Å²) in [6.45, 7) is 3.59. The summed E-state index contributed by atoms with van der Waals surface area (Å²) in [6, 6.07) is 18.4. The van der Waals surface area contributed by atoms with E-state index in [-0.39, 0.29) is 11.5 Å². The van der Waals surface area contributed by atoms with Crippen molar-refractivity contribution in [2.45, 2.75) is 26.7 Å². The van der Waals surface area contributed by atoms with Crippen molar-refractivity contribution < 1.29 is 9.59 Å². The molecule has 3 aromatic rings. The fourth-order valence-corrected chi connectivity index (χ4v) is 4.78. The molecule has 1 atom stereocenters. The van der Waals surface area contributed by atoms with Crippen LogP contribution < -0.4 is 16.3 Å². The minimum Gasteiger partial charge on any atom is -0.369 e. The third-order valence-electron chi connectivity index (χ3n) is 6.43. The molecule has 3 N–H and O–H groups in total. The number of aryl methyl sites for hydroxylation is 1. The Balaban J connectivity index is 1.63. The van der Waals surface area contributed by atoms with E-state index in [0.29, 0.717) is 57.9 Å². The lowest BCUT2D eigenvalue weighted by atomic mass is 9.80. The first-order valence-electron chi connectivity index (χ1n) is 11.4. The molecule has 1 unspecified atom stereocenters. The number of primary amides is 1. The van der Waals surface area contributed by atoms with E-state index in [1.54, 1.807) is 6.92 Å². The maximum atomic E-state index is 13.4. The first kappa shape index (κ1) is 22.3. The van der Waals surface area contributed by atoms with Gasteiger partial charge in [0.2, 0.25) is 5.91 Å². The lowest BCUT2D eigenvalue weighted by Crippen LogP contribution is -2.28. The number of carbonyl (C=O) groups excluding carboxylic acids is 2. The summed E-state index contributed by atoms with van der Waals surface area (Å²) in [7, 11) is 0. The number of aromatic amines is 1. The molecule has 0 bridgehead atoms. The third-order valence-corrected chi connectivity index (χ3v) is 6.43. The highest BCUT2D eigenvalue weighted by molar-refractivity contribution is 6.30. The van der Waals surface area contributed by atoms with E-state index in [1.165, 1.54) is 9.69 Å². The largest absolute Gasteiger partial charge is 0.369 e. The van der Waals surface area contributed by atoms with Gasteiger partial charge in [0.15, 0.2) is 0 Å². The van der Waals surface area contributed by atoms with E-state index >= 15 is 0 Å². The molecule has 8 heteroatoms. The van der Waals surface area contributed by atoms with Gasteiger partial charge in [0.25, 0.3) is 11.5 Å². The molecule has 8 nitrogen and oxygen atoms in total. The zero-order chi connectivity index (χ0) is 24.7. The number of amides is 2. The molecule has 0 fully saturated rings. The standard InChI is InChI=1S/C27H25N5O3/c1-16-23(26(34)31(29-16)21-9-5-3-6-10-21)18-13-19(15-20(14-18)25(28)33)24-17(2)30-32(27(24)35)22-11-7-4-8-12-22/h3-13,20,29H,14-15H2,1-2H3,(H2,28,33)/b24-19+. The number of hydrogen-bond acceptors (Lipinski definition) is 4.